The third-order valence-corrected chi connectivity index (χ3v) is 7.86. The van der Waals surface area contributed by atoms with Gasteiger partial charge in [0.1, 0.15) is 16.1 Å². The first kappa shape index (κ1) is 26.4. The first-order chi connectivity index (χ1) is 19.1. The van der Waals surface area contributed by atoms with Gasteiger partial charge in [0.2, 0.25) is 5.43 Å². The van der Waals surface area contributed by atoms with E-state index in [-0.39, 0.29) is 17.6 Å². The van der Waals surface area contributed by atoms with E-state index in [0.717, 1.165) is 37.7 Å². The topological polar surface area (TPSA) is 69.6 Å². The van der Waals surface area contributed by atoms with Gasteiger partial charge in [-0.2, -0.15) is 0 Å². The molecule has 0 aliphatic rings. The van der Waals surface area contributed by atoms with Crippen LogP contribution < -0.4 is 15.5 Å². The van der Waals surface area contributed by atoms with Gasteiger partial charge in [0.05, 0.1) is 25.6 Å². The molecule has 5 aromatic rings. The Kier molecular flexibility index (Phi) is 8.20. The predicted molar refractivity (Wildman–Crippen MR) is 157 cm³/mol. The summed E-state index contributed by atoms with van der Waals surface area (Å²) in [4.78, 5) is 28.7. The third-order valence-electron chi connectivity index (χ3n) is 6.54. The Morgan fingerprint density at radius 1 is 0.923 bits per heavy atom. The minimum absolute atomic E-state index is 0.0287. The van der Waals surface area contributed by atoms with Gasteiger partial charge in [0.25, 0.3) is 0 Å². The minimum atomic E-state index is -0.617. The molecule has 2 aromatic heterocycles. The zero-order valence-corrected chi connectivity index (χ0v) is 22.8. The molecule has 3 aromatic carbocycles. The van der Waals surface area contributed by atoms with Crippen molar-refractivity contribution < 1.29 is 14.3 Å². The van der Waals surface area contributed by atoms with Gasteiger partial charge < -0.3 is 19.4 Å². The molecule has 0 unspecified atom stereocenters. The van der Waals surface area contributed by atoms with E-state index in [1.807, 2.05) is 77.4 Å². The van der Waals surface area contributed by atoms with Crippen LogP contribution in [0, 0.1) is 0 Å². The summed E-state index contributed by atoms with van der Waals surface area (Å²) < 4.78 is 12.8. The Balaban J connectivity index is 1.69. The van der Waals surface area contributed by atoms with E-state index >= 15 is 0 Å². The van der Waals surface area contributed by atoms with Crippen molar-refractivity contribution in [1.82, 2.24) is 9.88 Å². The van der Waals surface area contributed by atoms with Gasteiger partial charge in [-0.15, -0.1) is 11.3 Å². The highest BCUT2D eigenvalue weighted by atomic mass is 32.1. The molecule has 6 nitrogen and oxygen atoms in total. The number of para-hydroxylation sites is 1. The van der Waals surface area contributed by atoms with E-state index in [0.29, 0.717) is 25.0 Å². The average molecular weight is 539 g/mol. The van der Waals surface area contributed by atoms with Crippen LogP contribution >= 0.6 is 11.3 Å². The maximum Gasteiger partial charge on any atom is 0.343 e. The van der Waals surface area contributed by atoms with Crippen molar-refractivity contribution in [3.63, 3.8) is 0 Å². The number of aromatic nitrogens is 1. The van der Waals surface area contributed by atoms with Crippen LogP contribution in [-0.2, 0) is 24.4 Å². The van der Waals surface area contributed by atoms with Gasteiger partial charge in [0, 0.05) is 29.7 Å². The Labute approximate surface area is 231 Å². The second kappa shape index (κ2) is 12.1. The molecule has 5 rings (SSSR count). The fraction of sp³-hybridized carbons (Fsp3) is 0.188. The minimum Gasteiger partial charge on any atom is -0.496 e. The van der Waals surface area contributed by atoms with Crippen LogP contribution in [0.1, 0.15) is 34.0 Å². The van der Waals surface area contributed by atoms with Crippen molar-refractivity contribution in [2.24, 2.45) is 0 Å². The number of methoxy groups -OCH3 is 1. The number of pyridine rings is 1. The lowest BCUT2D eigenvalue weighted by atomic mass is 10.0. The number of ether oxygens (including phenoxy) is 2. The fourth-order valence-electron chi connectivity index (χ4n) is 4.70. The number of carbonyl (C=O) groups is 1. The van der Waals surface area contributed by atoms with Gasteiger partial charge in [-0.1, -0.05) is 78.9 Å². The highest BCUT2D eigenvalue weighted by Crippen LogP contribution is 2.38. The number of hydrogen-bond acceptors (Lipinski definition) is 6. The summed E-state index contributed by atoms with van der Waals surface area (Å²) in [6.07, 6.45) is 1.63. The summed E-state index contributed by atoms with van der Waals surface area (Å²) in [5.74, 6) is 0.125. The maximum atomic E-state index is 13.9. The monoisotopic (exact) mass is 538 g/mol. The van der Waals surface area contributed by atoms with Crippen molar-refractivity contribution in [2.75, 3.05) is 13.7 Å². The number of rotatable bonds is 10. The Morgan fingerprint density at radius 3 is 2.33 bits per heavy atom. The van der Waals surface area contributed by atoms with Crippen LogP contribution in [0.3, 0.4) is 0 Å². The molecule has 0 amide bonds. The third kappa shape index (κ3) is 5.65. The lowest BCUT2D eigenvalue weighted by Gasteiger charge is -2.14. The number of esters is 1. The standard InChI is InChI=1S/C32H30N2O4S/c1-3-38-32(36)26-21-34(20-24-16-10-11-17-27(24)37-2)31-28(29(26)35)25(19-33-18-22-12-6-4-7-13-22)30(39-31)23-14-8-5-9-15-23/h4-17,21,33H,3,18-20H2,1-2H3. The van der Waals surface area contributed by atoms with Gasteiger partial charge >= 0.3 is 5.97 Å². The van der Waals surface area contributed by atoms with Crippen LogP contribution in [0.4, 0.5) is 0 Å². The molecule has 0 saturated heterocycles. The lowest BCUT2D eigenvalue weighted by Crippen LogP contribution is -2.22. The Bertz CT molecular complexity index is 1640. The average Bonchev–Trinajstić information content (AvgIpc) is 3.36. The summed E-state index contributed by atoms with van der Waals surface area (Å²) in [6, 6.07) is 28.0. The molecule has 0 radical (unpaired) electrons. The molecule has 0 aliphatic carbocycles. The van der Waals surface area contributed by atoms with E-state index in [2.05, 4.69) is 17.4 Å². The van der Waals surface area contributed by atoms with E-state index in [1.165, 1.54) is 0 Å². The highest BCUT2D eigenvalue weighted by Gasteiger charge is 2.24. The number of carbonyl (C=O) groups excluding carboxylic acids is 1. The lowest BCUT2D eigenvalue weighted by molar-refractivity contribution is 0.0524. The number of benzene rings is 3. The first-order valence-corrected chi connectivity index (χ1v) is 13.7. The highest BCUT2D eigenvalue weighted by molar-refractivity contribution is 7.22. The molecule has 1 N–H and O–H groups in total. The second-order valence-corrected chi connectivity index (χ2v) is 10.1. The van der Waals surface area contributed by atoms with Crippen LogP contribution in [0.2, 0.25) is 0 Å². The van der Waals surface area contributed by atoms with Crippen molar-refractivity contribution in [3.8, 4) is 16.2 Å². The number of nitrogens with zero attached hydrogens (tertiary/aromatic N) is 1. The quantitative estimate of drug-likeness (QED) is 0.213. The summed E-state index contributed by atoms with van der Waals surface area (Å²) in [7, 11) is 1.64. The van der Waals surface area contributed by atoms with Gasteiger partial charge in [0.15, 0.2) is 0 Å². The number of nitrogens with one attached hydrogen (secondary N) is 1. The molecule has 0 saturated carbocycles. The summed E-state index contributed by atoms with van der Waals surface area (Å²) >= 11 is 1.56. The summed E-state index contributed by atoms with van der Waals surface area (Å²) in [5, 5.41) is 4.06. The summed E-state index contributed by atoms with van der Waals surface area (Å²) in [6.45, 7) is 3.47. The second-order valence-electron chi connectivity index (χ2n) is 9.08. The molecular weight excluding hydrogens is 508 g/mol. The largest absolute Gasteiger partial charge is 0.496 e. The number of fused-ring (bicyclic) bond motifs is 1. The molecule has 39 heavy (non-hydrogen) atoms. The summed E-state index contributed by atoms with van der Waals surface area (Å²) in [5.41, 5.74) is 3.71. The van der Waals surface area contributed by atoms with Gasteiger partial charge in [-0.3, -0.25) is 4.79 Å². The van der Waals surface area contributed by atoms with Crippen molar-refractivity contribution >= 4 is 27.5 Å². The Hall–Kier alpha value is -4.20. The maximum absolute atomic E-state index is 13.9. The van der Waals surface area contributed by atoms with Gasteiger partial charge in [-0.25, -0.2) is 4.79 Å². The predicted octanol–water partition coefficient (Wildman–Crippen LogP) is 6.25. The van der Waals surface area contributed by atoms with Crippen LogP contribution in [0.5, 0.6) is 5.75 Å². The molecule has 2 heterocycles. The van der Waals surface area contributed by atoms with Crippen molar-refractivity contribution in [1.29, 1.82) is 0 Å². The van der Waals surface area contributed by atoms with E-state index in [4.69, 9.17) is 9.47 Å². The van der Waals surface area contributed by atoms with E-state index in [1.54, 1.807) is 31.6 Å². The SMILES string of the molecule is CCOC(=O)c1cn(Cc2ccccc2OC)c2sc(-c3ccccc3)c(CNCc3ccccc3)c2c1=O. The van der Waals surface area contributed by atoms with E-state index in [9.17, 15) is 9.59 Å². The molecule has 0 bridgehead atoms. The van der Waals surface area contributed by atoms with Crippen molar-refractivity contribution in [2.45, 2.75) is 26.6 Å². The zero-order valence-electron chi connectivity index (χ0n) is 22.0. The fourth-order valence-corrected chi connectivity index (χ4v) is 6.00. The van der Waals surface area contributed by atoms with Gasteiger partial charge in [-0.05, 0) is 29.7 Å². The van der Waals surface area contributed by atoms with Crippen molar-refractivity contribution in [3.05, 3.63) is 124 Å². The molecule has 0 fully saturated rings. The molecule has 198 valence electrons. The molecule has 0 atom stereocenters. The van der Waals surface area contributed by atoms with E-state index < -0.39 is 5.97 Å². The number of hydrogen-bond donors (Lipinski definition) is 1. The Morgan fingerprint density at radius 2 is 1.62 bits per heavy atom. The molecule has 0 aliphatic heterocycles. The zero-order chi connectivity index (χ0) is 27.2. The van der Waals surface area contributed by atoms with Crippen LogP contribution in [0.15, 0.2) is 95.9 Å². The normalized spacial score (nSPS) is 11.0. The van der Waals surface area contributed by atoms with Crippen LogP contribution in [-0.4, -0.2) is 24.3 Å². The number of thiophene rings is 1. The first-order valence-electron chi connectivity index (χ1n) is 12.9. The smallest absolute Gasteiger partial charge is 0.343 e. The molecule has 7 heteroatoms. The van der Waals surface area contributed by atoms with Crippen LogP contribution in [0.25, 0.3) is 20.7 Å². The molecular formula is C32H30N2O4S. The molecule has 0 spiro atoms.